The van der Waals surface area contributed by atoms with Gasteiger partial charge in [-0.05, 0) is 51.4 Å². The van der Waals surface area contributed by atoms with Gasteiger partial charge >= 0.3 is 6.03 Å². The molecule has 31 heavy (non-hydrogen) atoms. The van der Waals surface area contributed by atoms with Crippen LogP contribution in [0.15, 0.2) is 5.10 Å². The highest BCUT2D eigenvalue weighted by molar-refractivity contribution is 5.85. The van der Waals surface area contributed by atoms with Gasteiger partial charge in [-0.3, -0.25) is 9.59 Å². The number of carbonyl (C=O) groups is 3. The maximum absolute atomic E-state index is 12.4. The highest BCUT2D eigenvalue weighted by atomic mass is 16.5. The molecule has 3 atom stereocenters. The summed E-state index contributed by atoms with van der Waals surface area (Å²) in [6.07, 6.45) is 7.30. The fraction of sp³-hybridized carbons (Fsp3) is 0.818. The first-order valence-electron chi connectivity index (χ1n) is 11.7. The van der Waals surface area contributed by atoms with Crippen LogP contribution >= 0.6 is 0 Å². The molecule has 9 heteroatoms. The monoisotopic (exact) mass is 437 g/mol. The summed E-state index contributed by atoms with van der Waals surface area (Å²) in [4.78, 5) is 36.2. The number of amides is 3. The van der Waals surface area contributed by atoms with Crippen LogP contribution in [0.3, 0.4) is 0 Å². The van der Waals surface area contributed by atoms with Crippen LogP contribution in [-0.4, -0.2) is 61.8 Å². The lowest BCUT2D eigenvalue weighted by Crippen LogP contribution is -2.46. The molecule has 0 aromatic heterocycles. The van der Waals surface area contributed by atoms with Gasteiger partial charge in [-0.1, -0.05) is 13.8 Å². The maximum atomic E-state index is 12.4. The van der Waals surface area contributed by atoms with E-state index < -0.39 is 0 Å². The quantitative estimate of drug-likeness (QED) is 0.290. The highest BCUT2D eigenvalue weighted by Gasteiger charge is 2.30. The molecule has 0 aromatic carbocycles. The van der Waals surface area contributed by atoms with Crippen molar-refractivity contribution in [1.82, 2.24) is 21.4 Å². The van der Waals surface area contributed by atoms with Crippen LogP contribution in [0.25, 0.3) is 0 Å². The second-order valence-electron chi connectivity index (χ2n) is 8.43. The van der Waals surface area contributed by atoms with E-state index in [1.807, 2.05) is 20.8 Å². The van der Waals surface area contributed by atoms with Crippen LogP contribution in [0.1, 0.15) is 65.7 Å². The Balaban J connectivity index is 1.64. The Morgan fingerprint density at radius 3 is 2.55 bits per heavy atom. The first kappa shape index (κ1) is 25.3. The number of rotatable bonds is 11. The first-order valence-corrected chi connectivity index (χ1v) is 11.7. The van der Waals surface area contributed by atoms with Gasteiger partial charge in [-0.2, -0.15) is 5.10 Å². The van der Waals surface area contributed by atoms with Crippen molar-refractivity contribution in [2.45, 2.75) is 83.9 Å². The molecule has 176 valence electrons. The predicted molar refractivity (Wildman–Crippen MR) is 120 cm³/mol. The molecular weight excluding hydrogens is 398 g/mol. The SMILES string of the molecule is CCO[C@H]1CN[C@H](C(=O)N[C@H](/C=N/NC(=O)NCC2CCC(C(=O)CC)CC2)CC)C1. The zero-order valence-electron chi connectivity index (χ0n) is 19.1. The minimum Gasteiger partial charge on any atom is -0.377 e. The van der Waals surface area contributed by atoms with E-state index in [0.717, 1.165) is 25.7 Å². The van der Waals surface area contributed by atoms with Crippen molar-refractivity contribution in [1.29, 1.82) is 0 Å². The van der Waals surface area contributed by atoms with Crippen molar-refractivity contribution in [2.24, 2.45) is 16.9 Å². The van der Waals surface area contributed by atoms with Gasteiger partial charge < -0.3 is 20.7 Å². The fourth-order valence-corrected chi connectivity index (χ4v) is 4.23. The second kappa shape index (κ2) is 13.4. The van der Waals surface area contributed by atoms with Gasteiger partial charge in [0.05, 0.1) is 18.2 Å². The van der Waals surface area contributed by atoms with E-state index in [2.05, 4.69) is 26.5 Å². The third-order valence-electron chi connectivity index (χ3n) is 6.20. The second-order valence-corrected chi connectivity index (χ2v) is 8.43. The Kier molecular flexibility index (Phi) is 10.9. The average Bonchev–Trinajstić information content (AvgIpc) is 3.25. The number of urea groups is 1. The highest BCUT2D eigenvalue weighted by Crippen LogP contribution is 2.29. The number of nitrogens with zero attached hydrogens (tertiary/aromatic N) is 1. The Hall–Kier alpha value is -2.00. The summed E-state index contributed by atoms with van der Waals surface area (Å²) in [5.41, 5.74) is 2.47. The average molecular weight is 438 g/mol. The van der Waals surface area contributed by atoms with Crippen molar-refractivity contribution in [3.63, 3.8) is 0 Å². The lowest BCUT2D eigenvalue weighted by Gasteiger charge is -2.27. The molecule has 2 rings (SSSR count). The van der Waals surface area contributed by atoms with E-state index in [9.17, 15) is 14.4 Å². The molecule has 1 heterocycles. The molecule has 4 N–H and O–H groups in total. The smallest absolute Gasteiger partial charge is 0.335 e. The Morgan fingerprint density at radius 1 is 1.16 bits per heavy atom. The molecule has 2 fully saturated rings. The van der Waals surface area contributed by atoms with E-state index in [4.69, 9.17) is 4.74 Å². The minimum absolute atomic E-state index is 0.0713. The van der Waals surface area contributed by atoms with E-state index in [1.165, 1.54) is 0 Å². The molecular formula is C22H39N5O4. The van der Waals surface area contributed by atoms with Crippen molar-refractivity contribution in [3.05, 3.63) is 0 Å². The van der Waals surface area contributed by atoms with Gasteiger partial charge in [0.15, 0.2) is 0 Å². The van der Waals surface area contributed by atoms with Crippen LogP contribution in [0.2, 0.25) is 0 Å². The molecule has 1 saturated carbocycles. The number of Topliss-reactive ketones (excluding diaryl/α,β-unsaturated/α-hetero) is 1. The molecule has 2 aliphatic rings. The Morgan fingerprint density at radius 2 is 1.90 bits per heavy atom. The maximum Gasteiger partial charge on any atom is 0.335 e. The predicted octanol–water partition coefficient (Wildman–Crippen LogP) is 1.72. The Bertz CT molecular complexity index is 619. The lowest BCUT2D eigenvalue weighted by atomic mass is 9.79. The normalized spacial score (nSPS) is 27.1. The van der Waals surface area contributed by atoms with Gasteiger partial charge in [0.2, 0.25) is 5.91 Å². The van der Waals surface area contributed by atoms with Gasteiger partial charge in [0.25, 0.3) is 0 Å². The van der Waals surface area contributed by atoms with Crippen molar-refractivity contribution < 1.29 is 19.1 Å². The molecule has 1 saturated heterocycles. The van der Waals surface area contributed by atoms with Crippen LogP contribution in [0.5, 0.6) is 0 Å². The van der Waals surface area contributed by atoms with Crippen LogP contribution < -0.4 is 21.4 Å². The van der Waals surface area contributed by atoms with Crippen LogP contribution in [0.4, 0.5) is 4.79 Å². The van der Waals surface area contributed by atoms with Gasteiger partial charge in [-0.15, -0.1) is 0 Å². The van der Waals surface area contributed by atoms with Gasteiger partial charge in [0, 0.05) is 38.2 Å². The molecule has 3 amide bonds. The molecule has 0 radical (unpaired) electrons. The van der Waals surface area contributed by atoms with E-state index in [1.54, 1.807) is 6.21 Å². The Labute approximate surface area is 185 Å². The van der Waals surface area contributed by atoms with Crippen LogP contribution in [-0.2, 0) is 14.3 Å². The number of ether oxygens (including phenoxy) is 1. The number of nitrogens with one attached hydrogen (secondary N) is 4. The summed E-state index contributed by atoms with van der Waals surface area (Å²) in [7, 11) is 0. The zero-order valence-corrected chi connectivity index (χ0v) is 19.1. The zero-order chi connectivity index (χ0) is 22.6. The summed E-state index contributed by atoms with van der Waals surface area (Å²) in [5.74, 6) is 0.874. The van der Waals surface area contributed by atoms with Crippen molar-refractivity contribution in [2.75, 3.05) is 19.7 Å². The number of hydrogen-bond donors (Lipinski definition) is 4. The molecule has 0 spiro atoms. The molecule has 1 aliphatic carbocycles. The third-order valence-corrected chi connectivity index (χ3v) is 6.20. The standard InChI is InChI=1S/C22H39N5O4/c1-4-17(26-21(29)19-11-18(14-23-19)31-6-3)13-25-27-22(30)24-12-15-7-9-16(10-8-15)20(28)5-2/h13,15-19,23H,4-12,14H2,1-3H3,(H,26,29)(H2,24,27,30)/b25-13+/t15?,16?,17-,18+,19-/m0/s1. The molecule has 0 aromatic rings. The van der Waals surface area contributed by atoms with E-state index >= 15 is 0 Å². The molecule has 1 aliphatic heterocycles. The number of carbonyl (C=O) groups excluding carboxylic acids is 3. The summed E-state index contributed by atoms with van der Waals surface area (Å²) in [5, 5.41) is 12.9. The molecule has 0 bridgehead atoms. The van der Waals surface area contributed by atoms with Crippen molar-refractivity contribution >= 4 is 23.9 Å². The summed E-state index contributed by atoms with van der Waals surface area (Å²) in [6, 6.07) is -0.883. The largest absolute Gasteiger partial charge is 0.377 e. The number of hydrogen-bond acceptors (Lipinski definition) is 6. The van der Waals surface area contributed by atoms with Gasteiger partial charge in [-0.25, -0.2) is 10.2 Å². The summed E-state index contributed by atoms with van der Waals surface area (Å²) in [6.45, 7) is 7.70. The first-order chi connectivity index (χ1) is 15.0. The van der Waals surface area contributed by atoms with E-state index in [0.29, 0.717) is 50.7 Å². The van der Waals surface area contributed by atoms with Crippen LogP contribution in [0, 0.1) is 11.8 Å². The summed E-state index contributed by atoms with van der Waals surface area (Å²) < 4.78 is 5.56. The van der Waals surface area contributed by atoms with Gasteiger partial charge in [0.1, 0.15) is 5.78 Å². The number of ketones is 1. The topological polar surface area (TPSA) is 121 Å². The minimum atomic E-state index is -0.360. The lowest BCUT2D eigenvalue weighted by molar-refractivity contribution is -0.124. The third kappa shape index (κ3) is 8.57. The molecule has 9 nitrogen and oxygen atoms in total. The summed E-state index contributed by atoms with van der Waals surface area (Å²) >= 11 is 0. The molecule has 0 unspecified atom stereocenters. The van der Waals surface area contributed by atoms with E-state index in [-0.39, 0.29) is 36.0 Å². The fourth-order valence-electron chi connectivity index (χ4n) is 4.23. The van der Waals surface area contributed by atoms with Crippen molar-refractivity contribution in [3.8, 4) is 0 Å². The number of hydrazone groups is 1.